The first-order valence-electron chi connectivity index (χ1n) is 5.45. The van der Waals surface area contributed by atoms with Crippen LogP contribution in [0.3, 0.4) is 0 Å². The van der Waals surface area contributed by atoms with Crippen LogP contribution in [0.4, 0.5) is 11.4 Å². The standard InChI is InChI=1S/C14H14N2O/c17-12-11-15-16(13-7-3-1-4-8-13)14-9-5-2-6-10-14/h1-11,17H,12H2/b15-11+. The van der Waals surface area contributed by atoms with E-state index in [1.54, 1.807) is 5.01 Å². The zero-order chi connectivity index (χ0) is 11.9. The fourth-order valence-corrected chi connectivity index (χ4v) is 1.54. The molecule has 86 valence electrons. The van der Waals surface area contributed by atoms with E-state index in [0.29, 0.717) is 0 Å². The summed E-state index contributed by atoms with van der Waals surface area (Å²) in [5.41, 5.74) is 1.92. The van der Waals surface area contributed by atoms with Crippen LogP contribution in [0.5, 0.6) is 0 Å². The molecule has 1 N–H and O–H groups in total. The van der Waals surface area contributed by atoms with Crippen molar-refractivity contribution < 1.29 is 5.11 Å². The number of rotatable bonds is 4. The minimum absolute atomic E-state index is 0.0732. The number of benzene rings is 2. The van der Waals surface area contributed by atoms with E-state index in [-0.39, 0.29) is 6.61 Å². The Bertz CT molecular complexity index is 429. The Morgan fingerprint density at radius 2 is 1.35 bits per heavy atom. The average Bonchev–Trinajstić information content (AvgIpc) is 2.42. The summed E-state index contributed by atoms with van der Waals surface area (Å²) in [5.74, 6) is 0. The summed E-state index contributed by atoms with van der Waals surface area (Å²) in [6, 6.07) is 19.6. The molecule has 0 aliphatic rings. The van der Waals surface area contributed by atoms with Gasteiger partial charge in [-0.05, 0) is 24.3 Å². The second kappa shape index (κ2) is 5.82. The molecule has 0 unspecified atom stereocenters. The Morgan fingerprint density at radius 3 is 1.76 bits per heavy atom. The van der Waals surface area contributed by atoms with Crippen LogP contribution in [-0.2, 0) is 0 Å². The van der Waals surface area contributed by atoms with Crippen LogP contribution < -0.4 is 5.01 Å². The fraction of sp³-hybridized carbons (Fsp3) is 0.0714. The van der Waals surface area contributed by atoms with Gasteiger partial charge in [0.05, 0.1) is 24.2 Å². The van der Waals surface area contributed by atoms with Gasteiger partial charge in [0.1, 0.15) is 0 Å². The molecule has 17 heavy (non-hydrogen) atoms. The summed E-state index contributed by atoms with van der Waals surface area (Å²) in [6.45, 7) is -0.0732. The summed E-state index contributed by atoms with van der Waals surface area (Å²) < 4.78 is 0. The van der Waals surface area contributed by atoms with Crippen molar-refractivity contribution in [1.29, 1.82) is 0 Å². The molecular weight excluding hydrogens is 212 g/mol. The molecule has 0 radical (unpaired) electrons. The molecular formula is C14H14N2O. The monoisotopic (exact) mass is 226 g/mol. The van der Waals surface area contributed by atoms with E-state index >= 15 is 0 Å². The quantitative estimate of drug-likeness (QED) is 0.642. The number of anilines is 2. The van der Waals surface area contributed by atoms with Gasteiger partial charge in [-0.1, -0.05) is 36.4 Å². The minimum Gasteiger partial charge on any atom is -0.391 e. The molecule has 0 fully saturated rings. The van der Waals surface area contributed by atoms with E-state index in [9.17, 15) is 0 Å². The molecule has 0 bridgehead atoms. The first-order valence-corrected chi connectivity index (χ1v) is 5.45. The number of hydrogen-bond acceptors (Lipinski definition) is 3. The minimum atomic E-state index is -0.0732. The third-order valence-electron chi connectivity index (χ3n) is 2.28. The van der Waals surface area contributed by atoms with Gasteiger partial charge in [-0.3, -0.25) is 0 Å². The molecule has 3 nitrogen and oxygen atoms in total. The maximum absolute atomic E-state index is 8.83. The summed E-state index contributed by atoms with van der Waals surface area (Å²) in [6.07, 6.45) is 1.47. The van der Waals surface area contributed by atoms with Gasteiger partial charge in [0, 0.05) is 0 Å². The summed E-state index contributed by atoms with van der Waals surface area (Å²) in [7, 11) is 0. The molecule has 0 heterocycles. The van der Waals surface area contributed by atoms with E-state index in [2.05, 4.69) is 5.10 Å². The SMILES string of the molecule is OC/C=N/N(c1ccccc1)c1ccccc1. The highest BCUT2D eigenvalue weighted by molar-refractivity contribution is 5.68. The lowest BCUT2D eigenvalue weighted by molar-refractivity contribution is 0.361. The number of para-hydroxylation sites is 2. The zero-order valence-electron chi connectivity index (χ0n) is 9.40. The van der Waals surface area contributed by atoms with E-state index < -0.39 is 0 Å². The van der Waals surface area contributed by atoms with Crippen molar-refractivity contribution >= 4 is 17.6 Å². The van der Waals surface area contributed by atoms with Crippen LogP contribution in [-0.4, -0.2) is 17.9 Å². The van der Waals surface area contributed by atoms with Crippen molar-refractivity contribution in [2.75, 3.05) is 11.6 Å². The predicted molar refractivity (Wildman–Crippen MR) is 70.6 cm³/mol. The van der Waals surface area contributed by atoms with E-state index in [1.165, 1.54) is 6.21 Å². The van der Waals surface area contributed by atoms with Crippen LogP contribution in [0.1, 0.15) is 0 Å². The number of aliphatic hydroxyl groups excluding tert-OH is 1. The molecule has 0 saturated carbocycles. The molecule has 2 aromatic carbocycles. The molecule has 3 heteroatoms. The van der Waals surface area contributed by atoms with Gasteiger partial charge in [0.2, 0.25) is 0 Å². The second-order valence-corrected chi connectivity index (χ2v) is 3.46. The Kier molecular flexibility index (Phi) is 3.89. The van der Waals surface area contributed by atoms with Crippen molar-refractivity contribution in [2.24, 2.45) is 5.10 Å². The van der Waals surface area contributed by atoms with Crippen LogP contribution >= 0.6 is 0 Å². The predicted octanol–water partition coefficient (Wildman–Crippen LogP) is 2.80. The Hall–Kier alpha value is -2.13. The lowest BCUT2D eigenvalue weighted by Crippen LogP contribution is -2.09. The maximum atomic E-state index is 8.83. The van der Waals surface area contributed by atoms with E-state index in [0.717, 1.165) is 11.4 Å². The van der Waals surface area contributed by atoms with Crippen LogP contribution in [0, 0.1) is 0 Å². The largest absolute Gasteiger partial charge is 0.391 e. The highest BCUT2D eigenvalue weighted by Gasteiger charge is 2.05. The van der Waals surface area contributed by atoms with Gasteiger partial charge < -0.3 is 5.11 Å². The lowest BCUT2D eigenvalue weighted by atomic mass is 10.2. The van der Waals surface area contributed by atoms with Gasteiger partial charge >= 0.3 is 0 Å². The second-order valence-electron chi connectivity index (χ2n) is 3.46. The third-order valence-corrected chi connectivity index (χ3v) is 2.28. The smallest absolute Gasteiger partial charge is 0.0801 e. The Balaban J connectivity index is 2.36. The zero-order valence-corrected chi connectivity index (χ0v) is 9.40. The average molecular weight is 226 g/mol. The summed E-state index contributed by atoms with van der Waals surface area (Å²) in [4.78, 5) is 0. The van der Waals surface area contributed by atoms with Crippen LogP contribution in [0.2, 0.25) is 0 Å². The highest BCUT2D eigenvalue weighted by atomic mass is 16.3. The van der Waals surface area contributed by atoms with Gasteiger partial charge in [-0.15, -0.1) is 0 Å². The Labute approximate surface area is 101 Å². The normalized spacial score (nSPS) is 10.6. The molecule has 0 aliphatic carbocycles. The first-order chi connectivity index (χ1) is 8.42. The Morgan fingerprint density at radius 1 is 0.882 bits per heavy atom. The highest BCUT2D eigenvalue weighted by Crippen LogP contribution is 2.24. The van der Waals surface area contributed by atoms with E-state index in [4.69, 9.17) is 5.11 Å². The van der Waals surface area contributed by atoms with Crippen molar-refractivity contribution in [3.63, 3.8) is 0 Å². The van der Waals surface area contributed by atoms with Crippen molar-refractivity contribution in [1.82, 2.24) is 0 Å². The summed E-state index contributed by atoms with van der Waals surface area (Å²) >= 11 is 0. The number of aliphatic hydroxyl groups is 1. The maximum Gasteiger partial charge on any atom is 0.0801 e. The van der Waals surface area contributed by atoms with Crippen molar-refractivity contribution in [2.45, 2.75) is 0 Å². The first kappa shape index (κ1) is 11.4. The van der Waals surface area contributed by atoms with Crippen LogP contribution in [0.25, 0.3) is 0 Å². The van der Waals surface area contributed by atoms with Gasteiger partial charge in [-0.2, -0.15) is 5.10 Å². The molecule has 0 aliphatic heterocycles. The molecule has 2 aromatic rings. The van der Waals surface area contributed by atoms with Gasteiger partial charge in [0.25, 0.3) is 0 Å². The fourth-order valence-electron chi connectivity index (χ4n) is 1.54. The lowest BCUT2D eigenvalue weighted by Gasteiger charge is -2.18. The van der Waals surface area contributed by atoms with Gasteiger partial charge in [-0.25, -0.2) is 5.01 Å². The molecule has 0 atom stereocenters. The number of hydrogen-bond donors (Lipinski definition) is 1. The topological polar surface area (TPSA) is 35.8 Å². The summed E-state index contributed by atoms with van der Waals surface area (Å²) in [5, 5.41) is 14.9. The molecule has 0 saturated heterocycles. The molecule has 2 rings (SSSR count). The van der Waals surface area contributed by atoms with E-state index in [1.807, 2.05) is 60.7 Å². The van der Waals surface area contributed by atoms with Crippen molar-refractivity contribution in [3.8, 4) is 0 Å². The molecule has 0 amide bonds. The molecule has 0 spiro atoms. The number of nitrogens with zero attached hydrogens (tertiary/aromatic N) is 2. The van der Waals surface area contributed by atoms with Crippen molar-refractivity contribution in [3.05, 3.63) is 60.7 Å². The number of hydrazone groups is 1. The third kappa shape index (κ3) is 2.92. The molecule has 0 aromatic heterocycles. The van der Waals surface area contributed by atoms with Gasteiger partial charge in [0.15, 0.2) is 0 Å². The van der Waals surface area contributed by atoms with Crippen LogP contribution in [0.15, 0.2) is 65.8 Å².